The second-order valence-corrected chi connectivity index (χ2v) is 4.96. The third-order valence-electron chi connectivity index (χ3n) is 3.44. The van der Waals surface area contributed by atoms with Gasteiger partial charge in [-0.25, -0.2) is 9.37 Å². The van der Waals surface area contributed by atoms with Crippen molar-refractivity contribution in [1.29, 1.82) is 0 Å². The lowest BCUT2D eigenvalue weighted by atomic mass is 10.2. The first-order valence-corrected chi connectivity index (χ1v) is 7.00. The number of hydrogen-bond acceptors (Lipinski definition) is 2. The normalized spacial score (nSPS) is 12.7. The van der Waals surface area contributed by atoms with E-state index in [0.29, 0.717) is 23.4 Å². The van der Waals surface area contributed by atoms with Gasteiger partial charge in [0.25, 0.3) is 0 Å². The SMILES string of the molecule is CCN(C)C(=O)C(C)n1c(CCl)nc2cc(F)ccc21. The summed E-state index contributed by atoms with van der Waals surface area (Å²) in [5.74, 6) is 0.358. The number of benzene rings is 1. The van der Waals surface area contributed by atoms with Gasteiger partial charge in [0.1, 0.15) is 17.7 Å². The van der Waals surface area contributed by atoms with Crippen LogP contribution in [0.4, 0.5) is 4.39 Å². The number of imidazole rings is 1. The number of likely N-dealkylation sites (N-methyl/N-ethyl adjacent to an activating group) is 1. The smallest absolute Gasteiger partial charge is 0.245 e. The minimum Gasteiger partial charge on any atom is -0.344 e. The van der Waals surface area contributed by atoms with Crippen LogP contribution in [0.2, 0.25) is 0 Å². The third-order valence-corrected chi connectivity index (χ3v) is 3.68. The van der Waals surface area contributed by atoms with Crippen LogP contribution in [0.1, 0.15) is 25.7 Å². The highest BCUT2D eigenvalue weighted by Crippen LogP contribution is 2.24. The fourth-order valence-corrected chi connectivity index (χ4v) is 2.42. The van der Waals surface area contributed by atoms with E-state index in [4.69, 9.17) is 11.6 Å². The molecular formula is C14H17ClFN3O. The van der Waals surface area contributed by atoms with Crippen LogP contribution < -0.4 is 0 Å². The lowest BCUT2D eigenvalue weighted by molar-refractivity contribution is -0.132. The van der Waals surface area contributed by atoms with Crippen molar-refractivity contribution >= 4 is 28.5 Å². The minimum atomic E-state index is -0.427. The molecule has 1 aromatic carbocycles. The molecule has 0 bridgehead atoms. The Kier molecular flexibility index (Phi) is 4.28. The molecular weight excluding hydrogens is 281 g/mol. The molecule has 0 fully saturated rings. The molecule has 2 aromatic rings. The van der Waals surface area contributed by atoms with Gasteiger partial charge in [-0.2, -0.15) is 0 Å². The van der Waals surface area contributed by atoms with Crippen LogP contribution in [0.5, 0.6) is 0 Å². The van der Waals surface area contributed by atoms with Gasteiger partial charge in [-0.1, -0.05) is 0 Å². The van der Waals surface area contributed by atoms with Crippen molar-refractivity contribution in [3.8, 4) is 0 Å². The Labute approximate surface area is 122 Å². The molecule has 2 rings (SSSR count). The van der Waals surface area contributed by atoms with Crippen molar-refractivity contribution in [2.75, 3.05) is 13.6 Å². The summed E-state index contributed by atoms with van der Waals surface area (Å²) >= 11 is 5.90. The number of alkyl halides is 1. The number of carbonyl (C=O) groups is 1. The summed E-state index contributed by atoms with van der Waals surface area (Å²) in [6, 6.07) is 3.91. The van der Waals surface area contributed by atoms with Crippen LogP contribution in [-0.2, 0) is 10.7 Å². The molecule has 0 aliphatic rings. The molecule has 0 aliphatic carbocycles. The van der Waals surface area contributed by atoms with Gasteiger partial charge in [-0.15, -0.1) is 11.6 Å². The highest BCUT2D eigenvalue weighted by molar-refractivity contribution is 6.16. The van der Waals surface area contributed by atoms with E-state index < -0.39 is 6.04 Å². The van der Waals surface area contributed by atoms with E-state index >= 15 is 0 Å². The maximum atomic E-state index is 13.3. The highest BCUT2D eigenvalue weighted by Gasteiger charge is 2.23. The maximum Gasteiger partial charge on any atom is 0.245 e. The number of hydrogen-bond donors (Lipinski definition) is 0. The van der Waals surface area contributed by atoms with E-state index in [2.05, 4.69) is 4.98 Å². The monoisotopic (exact) mass is 297 g/mol. The van der Waals surface area contributed by atoms with E-state index in [1.807, 2.05) is 6.92 Å². The molecule has 1 amide bonds. The lowest BCUT2D eigenvalue weighted by Crippen LogP contribution is -2.33. The summed E-state index contributed by atoms with van der Waals surface area (Å²) in [6.07, 6.45) is 0. The van der Waals surface area contributed by atoms with Crippen molar-refractivity contribution < 1.29 is 9.18 Å². The molecule has 0 radical (unpaired) electrons. The Bertz CT molecular complexity index is 641. The van der Waals surface area contributed by atoms with Crippen LogP contribution in [0.3, 0.4) is 0 Å². The largest absolute Gasteiger partial charge is 0.344 e. The van der Waals surface area contributed by atoms with Gasteiger partial charge in [0.15, 0.2) is 0 Å². The van der Waals surface area contributed by atoms with Gasteiger partial charge in [0, 0.05) is 19.7 Å². The lowest BCUT2D eigenvalue weighted by Gasteiger charge is -2.22. The molecule has 1 atom stereocenters. The second kappa shape index (κ2) is 5.79. The second-order valence-electron chi connectivity index (χ2n) is 4.69. The number of rotatable bonds is 4. The van der Waals surface area contributed by atoms with E-state index in [9.17, 15) is 9.18 Å². The molecule has 6 heteroatoms. The minimum absolute atomic E-state index is 0.0255. The first-order valence-electron chi connectivity index (χ1n) is 6.46. The average molecular weight is 298 g/mol. The predicted molar refractivity (Wildman–Crippen MR) is 77.3 cm³/mol. The van der Waals surface area contributed by atoms with Crippen molar-refractivity contribution in [2.45, 2.75) is 25.8 Å². The first-order chi connectivity index (χ1) is 9.49. The van der Waals surface area contributed by atoms with Crippen LogP contribution in [0.25, 0.3) is 11.0 Å². The maximum absolute atomic E-state index is 13.3. The number of aromatic nitrogens is 2. The van der Waals surface area contributed by atoms with E-state index in [1.165, 1.54) is 12.1 Å². The summed E-state index contributed by atoms with van der Waals surface area (Å²) in [5, 5.41) is 0. The van der Waals surface area contributed by atoms with Gasteiger partial charge in [-0.05, 0) is 26.0 Å². The molecule has 0 saturated carbocycles. The van der Waals surface area contributed by atoms with E-state index in [-0.39, 0.29) is 17.6 Å². The molecule has 0 saturated heterocycles. The molecule has 1 aromatic heterocycles. The predicted octanol–water partition coefficient (Wildman–Crippen LogP) is 2.95. The van der Waals surface area contributed by atoms with Crippen LogP contribution in [0.15, 0.2) is 18.2 Å². The van der Waals surface area contributed by atoms with Crippen molar-refractivity contribution in [3.63, 3.8) is 0 Å². The molecule has 4 nitrogen and oxygen atoms in total. The number of fused-ring (bicyclic) bond motifs is 1. The fraction of sp³-hybridized carbons (Fsp3) is 0.429. The Morgan fingerprint density at radius 3 is 2.85 bits per heavy atom. The zero-order valence-corrected chi connectivity index (χ0v) is 12.5. The molecule has 20 heavy (non-hydrogen) atoms. The van der Waals surface area contributed by atoms with Crippen molar-refractivity contribution in [3.05, 3.63) is 29.8 Å². The molecule has 1 heterocycles. The van der Waals surface area contributed by atoms with Crippen LogP contribution in [-0.4, -0.2) is 34.0 Å². The summed E-state index contributed by atoms with van der Waals surface area (Å²) in [7, 11) is 1.75. The van der Waals surface area contributed by atoms with Crippen LogP contribution >= 0.6 is 11.6 Å². The number of amides is 1. The molecule has 1 unspecified atom stereocenters. The van der Waals surface area contributed by atoms with Gasteiger partial charge in [0.2, 0.25) is 5.91 Å². The van der Waals surface area contributed by atoms with Crippen LogP contribution in [0, 0.1) is 5.82 Å². The van der Waals surface area contributed by atoms with Gasteiger partial charge in [0.05, 0.1) is 16.9 Å². The zero-order valence-electron chi connectivity index (χ0n) is 11.7. The van der Waals surface area contributed by atoms with E-state index in [0.717, 1.165) is 0 Å². The van der Waals surface area contributed by atoms with Gasteiger partial charge in [-0.3, -0.25) is 4.79 Å². The fourth-order valence-electron chi connectivity index (χ4n) is 2.23. The standard InChI is InChI=1S/C14H17ClFN3O/c1-4-18(3)14(20)9(2)19-12-6-5-10(16)7-11(12)17-13(19)8-15/h5-7,9H,4,8H2,1-3H3. The Morgan fingerprint density at radius 2 is 2.25 bits per heavy atom. The number of nitrogens with zero attached hydrogens (tertiary/aromatic N) is 3. The van der Waals surface area contributed by atoms with Crippen molar-refractivity contribution in [2.24, 2.45) is 0 Å². The Morgan fingerprint density at radius 1 is 1.55 bits per heavy atom. The average Bonchev–Trinajstić information content (AvgIpc) is 2.82. The van der Waals surface area contributed by atoms with E-state index in [1.54, 1.807) is 29.5 Å². The zero-order chi connectivity index (χ0) is 14.9. The summed E-state index contributed by atoms with van der Waals surface area (Å²) in [4.78, 5) is 18.2. The van der Waals surface area contributed by atoms with Gasteiger partial charge >= 0.3 is 0 Å². The van der Waals surface area contributed by atoms with Gasteiger partial charge < -0.3 is 9.47 Å². The van der Waals surface area contributed by atoms with Crippen molar-refractivity contribution in [1.82, 2.24) is 14.5 Å². The Balaban J connectivity index is 2.54. The topological polar surface area (TPSA) is 38.1 Å². The quantitative estimate of drug-likeness (QED) is 0.814. The molecule has 108 valence electrons. The summed E-state index contributed by atoms with van der Waals surface area (Å²) < 4.78 is 15.0. The third kappa shape index (κ3) is 2.50. The summed E-state index contributed by atoms with van der Waals surface area (Å²) in [5.41, 5.74) is 1.23. The molecule has 0 N–H and O–H groups in total. The highest BCUT2D eigenvalue weighted by atomic mass is 35.5. The number of halogens is 2. The molecule has 0 aliphatic heterocycles. The first kappa shape index (κ1) is 14.8. The number of carbonyl (C=O) groups excluding carboxylic acids is 1. The summed E-state index contributed by atoms with van der Waals surface area (Å²) in [6.45, 7) is 4.34. The Hall–Kier alpha value is -1.62. The molecule has 0 spiro atoms.